The Balaban J connectivity index is 1.77. The molecule has 1 aromatic carbocycles. The number of Topliss-reactive ketones (excluding diaryl/α,β-unsaturated/α-hetero) is 1. The van der Waals surface area contributed by atoms with E-state index in [2.05, 4.69) is 15.9 Å². The van der Waals surface area contributed by atoms with Gasteiger partial charge in [-0.05, 0) is 79.1 Å². The summed E-state index contributed by atoms with van der Waals surface area (Å²) in [6.07, 6.45) is 6.10. The number of ketones is 1. The lowest BCUT2D eigenvalue weighted by Gasteiger charge is -2.35. The minimum atomic E-state index is -0.573. The maximum Gasteiger partial charge on any atom is 0.315 e. The molecule has 1 unspecified atom stereocenters. The summed E-state index contributed by atoms with van der Waals surface area (Å²) in [7, 11) is 1.62. The van der Waals surface area contributed by atoms with E-state index in [1.807, 2.05) is 25.1 Å². The SMILES string of the molecule is COc1ccc([C@@H]2C3=C(CCCC3=O)N=C(C)C2C(=O)OC2CCCC2)cc1Br. The third-order valence-electron chi connectivity index (χ3n) is 6.21. The monoisotopic (exact) mass is 459 g/mol. The second-order valence-corrected chi connectivity index (χ2v) is 8.94. The molecule has 6 heteroatoms. The number of nitrogens with zero attached hydrogens (tertiary/aromatic N) is 1. The van der Waals surface area contributed by atoms with Gasteiger partial charge in [-0.15, -0.1) is 0 Å². The van der Waals surface area contributed by atoms with E-state index in [4.69, 9.17) is 14.5 Å². The van der Waals surface area contributed by atoms with Crippen LogP contribution in [-0.4, -0.2) is 30.7 Å². The number of esters is 1. The van der Waals surface area contributed by atoms with E-state index in [-0.39, 0.29) is 23.8 Å². The average Bonchev–Trinajstić information content (AvgIpc) is 3.20. The summed E-state index contributed by atoms with van der Waals surface area (Å²) in [5.41, 5.74) is 3.16. The van der Waals surface area contributed by atoms with E-state index in [1.165, 1.54) is 0 Å². The lowest BCUT2D eigenvalue weighted by Crippen LogP contribution is -2.38. The molecule has 1 saturated carbocycles. The number of hydrogen-bond donors (Lipinski definition) is 0. The van der Waals surface area contributed by atoms with Crippen LogP contribution in [0.2, 0.25) is 0 Å². The fourth-order valence-electron chi connectivity index (χ4n) is 4.79. The van der Waals surface area contributed by atoms with E-state index < -0.39 is 5.92 Å². The van der Waals surface area contributed by atoms with Crippen molar-refractivity contribution in [1.29, 1.82) is 0 Å². The number of ether oxygens (including phenoxy) is 2. The molecule has 0 N–H and O–H groups in total. The second kappa shape index (κ2) is 8.42. The maximum atomic E-state index is 13.3. The summed E-state index contributed by atoms with van der Waals surface area (Å²) in [4.78, 5) is 30.9. The van der Waals surface area contributed by atoms with Crippen LogP contribution in [0.1, 0.15) is 63.4 Å². The number of halogens is 1. The van der Waals surface area contributed by atoms with Gasteiger partial charge in [0, 0.05) is 29.3 Å². The number of benzene rings is 1. The minimum absolute atomic E-state index is 0.0176. The van der Waals surface area contributed by atoms with Crippen LogP contribution in [0.25, 0.3) is 0 Å². The van der Waals surface area contributed by atoms with Gasteiger partial charge in [-0.2, -0.15) is 0 Å². The second-order valence-electron chi connectivity index (χ2n) is 8.08. The van der Waals surface area contributed by atoms with E-state index in [1.54, 1.807) is 7.11 Å². The van der Waals surface area contributed by atoms with E-state index in [0.717, 1.165) is 60.0 Å². The number of rotatable bonds is 4. The molecule has 0 radical (unpaired) electrons. The first-order chi connectivity index (χ1) is 14.0. The van der Waals surface area contributed by atoms with Crippen molar-refractivity contribution >= 4 is 33.4 Å². The van der Waals surface area contributed by atoms with Crippen LogP contribution < -0.4 is 4.74 Å². The zero-order valence-corrected chi connectivity index (χ0v) is 18.5. The van der Waals surface area contributed by atoms with Crippen LogP contribution >= 0.6 is 15.9 Å². The zero-order valence-electron chi connectivity index (χ0n) is 16.9. The third kappa shape index (κ3) is 3.91. The molecule has 2 atom stereocenters. The largest absolute Gasteiger partial charge is 0.496 e. The smallest absolute Gasteiger partial charge is 0.315 e. The fraction of sp³-hybridized carbons (Fsp3) is 0.522. The van der Waals surface area contributed by atoms with Crippen LogP contribution in [0.5, 0.6) is 5.75 Å². The summed E-state index contributed by atoms with van der Waals surface area (Å²) in [5.74, 6) is -0.398. The quantitative estimate of drug-likeness (QED) is 0.585. The Bertz CT molecular complexity index is 898. The molecule has 29 heavy (non-hydrogen) atoms. The summed E-state index contributed by atoms with van der Waals surface area (Å²) < 4.78 is 12.0. The van der Waals surface area contributed by atoms with Crippen LogP contribution in [-0.2, 0) is 14.3 Å². The van der Waals surface area contributed by atoms with Crippen molar-refractivity contribution in [3.8, 4) is 5.75 Å². The molecule has 1 heterocycles. The van der Waals surface area contributed by atoms with Crippen molar-refractivity contribution in [2.75, 3.05) is 7.11 Å². The van der Waals surface area contributed by atoms with Gasteiger partial charge in [-0.3, -0.25) is 14.6 Å². The van der Waals surface area contributed by atoms with Crippen molar-refractivity contribution in [1.82, 2.24) is 0 Å². The predicted molar refractivity (Wildman–Crippen MR) is 114 cm³/mol. The normalized spacial score (nSPS) is 24.9. The van der Waals surface area contributed by atoms with Crippen molar-refractivity contribution in [3.05, 3.63) is 39.5 Å². The topological polar surface area (TPSA) is 65.0 Å². The molecule has 3 aliphatic rings. The van der Waals surface area contributed by atoms with Gasteiger partial charge in [-0.25, -0.2) is 0 Å². The summed E-state index contributed by atoms with van der Waals surface area (Å²) in [5, 5.41) is 0. The maximum absolute atomic E-state index is 13.3. The van der Waals surface area contributed by atoms with E-state index in [9.17, 15) is 9.59 Å². The van der Waals surface area contributed by atoms with Crippen molar-refractivity contribution < 1.29 is 19.1 Å². The van der Waals surface area contributed by atoms with Crippen LogP contribution in [0.4, 0.5) is 0 Å². The first kappa shape index (κ1) is 20.3. The van der Waals surface area contributed by atoms with Gasteiger partial charge in [0.2, 0.25) is 0 Å². The Morgan fingerprint density at radius 2 is 1.93 bits per heavy atom. The molecule has 0 aromatic heterocycles. The van der Waals surface area contributed by atoms with Crippen LogP contribution in [0.15, 0.2) is 38.9 Å². The summed E-state index contributed by atoms with van der Waals surface area (Å²) in [6, 6.07) is 5.76. The Kier molecular flexibility index (Phi) is 5.91. The summed E-state index contributed by atoms with van der Waals surface area (Å²) in [6.45, 7) is 1.88. The standard InChI is InChI=1S/C23H26BrNO4/c1-13-20(23(27)29-15-6-3-4-7-15)21(14-10-11-19(28-2)16(24)12-14)22-17(25-13)8-5-9-18(22)26/h10-12,15,20-21H,3-9H2,1-2H3/t20?,21-/m0/s1. The predicted octanol–water partition coefficient (Wildman–Crippen LogP) is 5.12. The number of allylic oxidation sites excluding steroid dienone is 2. The van der Waals surface area contributed by atoms with Gasteiger partial charge in [-0.1, -0.05) is 6.07 Å². The number of methoxy groups -OCH3 is 1. The molecule has 154 valence electrons. The molecule has 0 saturated heterocycles. The molecule has 0 spiro atoms. The lowest BCUT2D eigenvalue weighted by atomic mass is 9.72. The number of hydrogen-bond acceptors (Lipinski definition) is 5. The molecule has 2 aliphatic carbocycles. The first-order valence-electron chi connectivity index (χ1n) is 10.3. The Morgan fingerprint density at radius 3 is 2.62 bits per heavy atom. The van der Waals surface area contributed by atoms with Crippen LogP contribution in [0.3, 0.4) is 0 Å². The fourth-order valence-corrected chi connectivity index (χ4v) is 5.35. The van der Waals surface area contributed by atoms with E-state index in [0.29, 0.717) is 17.7 Å². The van der Waals surface area contributed by atoms with Gasteiger partial charge in [0.25, 0.3) is 0 Å². The Hall–Kier alpha value is -1.95. The molecule has 5 nitrogen and oxygen atoms in total. The number of aliphatic imine (C=N–C) groups is 1. The number of carbonyl (C=O) groups excluding carboxylic acids is 2. The molecule has 4 rings (SSSR count). The highest BCUT2D eigenvalue weighted by Crippen LogP contribution is 2.45. The number of carbonyl (C=O) groups is 2. The van der Waals surface area contributed by atoms with Gasteiger partial charge in [0.1, 0.15) is 17.8 Å². The summed E-state index contributed by atoms with van der Waals surface area (Å²) >= 11 is 3.55. The minimum Gasteiger partial charge on any atom is -0.496 e. The molecule has 0 bridgehead atoms. The van der Waals surface area contributed by atoms with Crippen molar-refractivity contribution in [3.63, 3.8) is 0 Å². The van der Waals surface area contributed by atoms with Gasteiger partial charge < -0.3 is 9.47 Å². The molecular formula is C23H26BrNO4. The zero-order chi connectivity index (χ0) is 20.5. The molecule has 1 aliphatic heterocycles. The molecular weight excluding hydrogens is 434 g/mol. The van der Waals surface area contributed by atoms with E-state index >= 15 is 0 Å². The average molecular weight is 460 g/mol. The Labute approximate surface area is 179 Å². The lowest BCUT2D eigenvalue weighted by molar-refractivity contribution is -0.151. The Morgan fingerprint density at radius 1 is 1.17 bits per heavy atom. The molecule has 0 amide bonds. The first-order valence-corrected chi connectivity index (χ1v) is 11.1. The third-order valence-corrected chi connectivity index (χ3v) is 6.83. The van der Waals surface area contributed by atoms with Gasteiger partial charge >= 0.3 is 5.97 Å². The van der Waals surface area contributed by atoms with Crippen molar-refractivity contribution in [2.45, 2.75) is 63.9 Å². The molecule has 1 aromatic rings. The highest BCUT2D eigenvalue weighted by molar-refractivity contribution is 9.10. The highest BCUT2D eigenvalue weighted by atomic mass is 79.9. The van der Waals surface area contributed by atoms with Gasteiger partial charge in [0.05, 0.1) is 11.6 Å². The highest BCUT2D eigenvalue weighted by Gasteiger charge is 2.44. The van der Waals surface area contributed by atoms with Crippen LogP contribution in [0, 0.1) is 5.92 Å². The van der Waals surface area contributed by atoms with Crippen molar-refractivity contribution in [2.24, 2.45) is 10.9 Å². The molecule has 1 fully saturated rings. The van der Waals surface area contributed by atoms with Gasteiger partial charge in [0.15, 0.2) is 5.78 Å².